The molecule has 0 aromatic heterocycles. The van der Waals surface area contributed by atoms with Gasteiger partial charge in [-0.3, -0.25) is 0 Å². The number of nitrogens with zero attached hydrogens (tertiary/aromatic N) is 2. The van der Waals surface area contributed by atoms with Crippen molar-refractivity contribution in [1.29, 1.82) is 0 Å². The molecule has 0 spiro atoms. The molecule has 0 amide bonds. The molecule has 5 rings (SSSR count). The molecule has 1 fully saturated rings. The van der Waals surface area contributed by atoms with E-state index in [-0.39, 0.29) is 12.2 Å². The molecule has 1 aliphatic heterocycles. The maximum atomic E-state index is 2.82. The van der Waals surface area contributed by atoms with Crippen LogP contribution in [0.15, 0.2) is 97.1 Å². The third-order valence-corrected chi connectivity index (χ3v) is 8.58. The zero-order chi connectivity index (χ0) is 28.6. The summed E-state index contributed by atoms with van der Waals surface area (Å²) in [4.78, 5) is 5.60. The van der Waals surface area contributed by atoms with Crippen LogP contribution in [0.2, 0.25) is 0 Å². The van der Waals surface area contributed by atoms with E-state index >= 15 is 0 Å². The van der Waals surface area contributed by atoms with E-state index in [4.69, 9.17) is 0 Å². The number of aryl methyl sites for hydroxylation is 4. The molecule has 2 heteroatoms. The van der Waals surface area contributed by atoms with Crippen LogP contribution in [0.3, 0.4) is 0 Å². The standard InChI is InChI=1S/C39H48N2/c1-5-17-31-25-15-26-32(18-6-2)37(31)40-29-36(30-21-11-9-12-22-30)41(39(40)35-23-13-10-14-24-35)38-33(19-7-3)27-16-28-34(38)20-8-4/h9-16,21-28,36,39H,5-8,17-20,29H2,1-4H3. The van der Waals surface area contributed by atoms with E-state index in [0.29, 0.717) is 0 Å². The number of hydrogen-bond acceptors (Lipinski definition) is 2. The fraction of sp³-hybridized carbons (Fsp3) is 0.385. The van der Waals surface area contributed by atoms with Gasteiger partial charge in [0.15, 0.2) is 0 Å². The normalized spacial score (nSPS) is 16.9. The Hall–Kier alpha value is -3.52. The lowest BCUT2D eigenvalue weighted by Gasteiger charge is -2.38. The van der Waals surface area contributed by atoms with Crippen molar-refractivity contribution in [1.82, 2.24) is 0 Å². The van der Waals surface area contributed by atoms with E-state index in [1.807, 2.05) is 0 Å². The van der Waals surface area contributed by atoms with Crippen LogP contribution in [0.4, 0.5) is 11.4 Å². The number of rotatable bonds is 12. The molecule has 0 bridgehead atoms. The van der Waals surface area contributed by atoms with E-state index in [1.165, 1.54) is 44.8 Å². The van der Waals surface area contributed by atoms with Gasteiger partial charge in [-0.25, -0.2) is 0 Å². The zero-order valence-corrected chi connectivity index (χ0v) is 25.7. The predicted molar refractivity (Wildman–Crippen MR) is 177 cm³/mol. The Kier molecular flexibility index (Phi) is 9.83. The quantitative estimate of drug-likeness (QED) is 0.175. The summed E-state index contributed by atoms with van der Waals surface area (Å²) >= 11 is 0. The van der Waals surface area contributed by atoms with E-state index in [0.717, 1.165) is 57.9 Å². The molecule has 2 atom stereocenters. The monoisotopic (exact) mass is 544 g/mol. The first kappa shape index (κ1) is 29.0. The Balaban J connectivity index is 1.81. The van der Waals surface area contributed by atoms with Crippen molar-refractivity contribution in [2.24, 2.45) is 0 Å². The number of para-hydroxylation sites is 2. The van der Waals surface area contributed by atoms with Gasteiger partial charge < -0.3 is 9.80 Å². The van der Waals surface area contributed by atoms with Crippen LogP contribution in [0.1, 0.15) is 99.0 Å². The second-order valence-electron chi connectivity index (χ2n) is 11.6. The first-order valence-electron chi connectivity index (χ1n) is 16.1. The van der Waals surface area contributed by atoms with Crippen molar-refractivity contribution in [3.63, 3.8) is 0 Å². The largest absolute Gasteiger partial charge is 0.344 e. The summed E-state index contributed by atoms with van der Waals surface area (Å²) in [6.45, 7) is 10.2. The molecule has 4 aromatic carbocycles. The molecule has 1 heterocycles. The van der Waals surface area contributed by atoms with Gasteiger partial charge in [-0.2, -0.15) is 0 Å². The average molecular weight is 545 g/mol. The third kappa shape index (κ3) is 6.08. The van der Waals surface area contributed by atoms with E-state index in [9.17, 15) is 0 Å². The van der Waals surface area contributed by atoms with Gasteiger partial charge in [0.05, 0.1) is 6.04 Å². The molecule has 0 N–H and O–H groups in total. The molecule has 0 saturated carbocycles. The highest BCUT2D eigenvalue weighted by molar-refractivity contribution is 5.70. The Morgan fingerprint density at radius 3 is 1.34 bits per heavy atom. The van der Waals surface area contributed by atoms with Gasteiger partial charge >= 0.3 is 0 Å². The third-order valence-electron chi connectivity index (χ3n) is 8.58. The van der Waals surface area contributed by atoms with Crippen LogP contribution < -0.4 is 9.80 Å². The molecule has 41 heavy (non-hydrogen) atoms. The van der Waals surface area contributed by atoms with Crippen LogP contribution in [0.5, 0.6) is 0 Å². The predicted octanol–water partition coefficient (Wildman–Crippen LogP) is 10.3. The van der Waals surface area contributed by atoms with Crippen LogP contribution >= 0.6 is 0 Å². The van der Waals surface area contributed by atoms with Crippen LogP contribution in [0.25, 0.3) is 0 Å². The molecule has 0 aliphatic carbocycles. The average Bonchev–Trinajstić information content (AvgIpc) is 3.39. The lowest BCUT2D eigenvalue weighted by Crippen LogP contribution is -2.34. The second-order valence-corrected chi connectivity index (χ2v) is 11.6. The van der Waals surface area contributed by atoms with Gasteiger partial charge in [-0.1, -0.05) is 150 Å². The van der Waals surface area contributed by atoms with Gasteiger partial charge in [0.2, 0.25) is 0 Å². The highest BCUT2D eigenvalue weighted by Gasteiger charge is 2.43. The summed E-state index contributed by atoms with van der Waals surface area (Å²) in [5.74, 6) is 0. The minimum atomic E-state index is 0.114. The first-order valence-corrected chi connectivity index (χ1v) is 16.1. The maximum Gasteiger partial charge on any atom is 0.129 e. The summed E-state index contributed by atoms with van der Waals surface area (Å²) in [6.07, 6.45) is 9.11. The highest BCUT2D eigenvalue weighted by atomic mass is 15.4. The Labute approximate surface area is 249 Å². The summed E-state index contributed by atoms with van der Waals surface area (Å²) in [6, 6.07) is 36.9. The van der Waals surface area contributed by atoms with Crippen molar-refractivity contribution < 1.29 is 0 Å². The van der Waals surface area contributed by atoms with Gasteiger partial charge in [0, 0.05) is 17.9 Å². The molecular formula is C39H48N2. The molecule has 4 aromatic rings. The fourth-order valence-electron chi connectivity index (χ4n) is 6.97. The first-order chi connectivity index (χ1) is 20.2. The van der Waals surface area contributed by atoms with Gasteiger partial charge in [0.1, 0.15) is 6.17 Å². The summed E-state index contributed by atoms with van der Waals surface area (Å²) < 4.78 is 0. The van der Waals surface area contributed by atoms with Crippen LogP contribution in [-0.2, 0) is 25.7 Å². The van der Waals surface area contributed by atoms with E-state index < -0.39 is 0 Å². The van der Waals surface area contributed by atoms with Crippen molar-refractivity contribution in [2.45, 2.75) is 91.3 Å². The molecule has 1 aliphatic rings. The number of hydrogen-bond donors (Lipinski definition) is 0. The van der Waals surface area contributed by atoms with Gasteiger partial charge in [0.25, 0.3) is 0 Å². The molecule has 2 unspecified atom stereocenters. The van der Waals surface area contributed by atoms with Crippen molar-refractivity contribution in [2.75, 3.05) is 16.3 Å². The molecular weight excluding hydrogens is 496 g/mol. The Bertz CT molecular complexity index is 1330. The lowest BCUT2D eigenvalue weighted by atomic mass is 9.96. The fourth-order valence-corrected chi connectivity index (χ4v) is 6.97. The highest BCUT2D eigenvalue weighted by Crippen LogP contribution is 2.50. The van der Waals surface area contributed by atoms with E-state index in [2.05, 4.69) is 135 Å². The smallest absolute Gasteiger partial charge is 0.129 e. The SMILES string of the molecule is CCCc1cccc(CCC)c1N1CC(c2ccccc2)N(c2c(CCC)cccc2CCC)C1c1ccccc1. The molecule has 0 radical (unpaired) electrons. The zero-order valence-electron chi connectivity index (χ0n) is 25.7. The second kappa shape index (κ2) is 13.9. The maximum absolute atomic E-state index is 2.82. The molecule has 1 saturated heterocycles. The Morgan fingerprint density at radius 1 is 0.488 bits per heavy atom. The van der Waals surface area contributed by atoms with Crippen molar-refractivity contribution in [3.05, 3.63) is 130 Å². The lowest BCUT2D eigenvalue weighted by molar-refractivity contribution is 0.662. The van der Waals surface area contributed by atoms with Crippen LogP contribution in [0, 0.1) is 0 Å². The number of anilines is 2. The van der Waals surface area contributed by atoms with Gasteiger partial charge in [-0.15, -0.1) is 0 Å². The van der Waals surface area contributed by atoms with Crippen molar-refractivity contribution in [3.8, 4) is 0 Å². The summed E-state index contributed by atoms with van der Waals surface area (Å²) in [7, 11) is 0. The van der Waals surface area contributed by atoms with E-state index in [1.54, 1.807) is 0 Å². The molecule has 2 nitrogen and oxygen atoms in total. The number of benzene rings is 4. The van der Waals surface area contributed by atoms with Gasteiger partial charge in [-0.05, 0) is 59.1 Å². The summed E-state index contributed by atoms with van der Waals surface area (Å²) in [5, 5.41) is 0. The topological polar surface area (TPSA) is 6.48 Å². The summed E-state index contributed by atoms with van der Waals surface area (Å²) in [5.41, 5.74) is 11.6. The van der Waals surface area contributed by atoms with Crippen LogP contribution in [-0.4, -0.2) is 6.54 Å². The molecule has 214 valence electrons. The minimum Gasteiger partial charge on any atom is -0.344 e. The van der Waals surface area contributed by atoms with Crippen molar-refractivity contribution >= 4 is 11.4 Å². The Morgan fingerprint density at radius 2 is 0.902 bits per heavy atom. The minimum absolute atomic E-state index is 0.114.